The van der Waals surface area contributed by atoms with Crippen LogP contribution in [0.2, 0.25) is 0 Å². The summed E-state index contributed by atoms with van der Waals surface area (Å²) >= 11 is 2.73. The van der Waals surface area contributed by atoms with Crippen LogP contribution in [0, 0.1) is 0 Å². The van der Waals surface area contributed by atoms with Crippen molar-refractivity contribution in [2.75, 3.05) is 39.1 Å². The molecule has 56 heavy (non-hydrogen) atoms. The molecular formula is C43H41N3O8S2. The number of rotatable bonds is 14. The summed E-state index contributed by atoms with van der Waals surface area (Å²) in [6, 6.07) is 28.3. The lowest BCUT2D eigenvalue weighted by atomic mass is 9.95. The van der Waals surface area contributed by atoms with E-state index in [0.717, 1.165) is 41.7 Å². The average molecular weight is 792 g/mol. The third-order valence-electron chi connectivity index (χ3n) is 9.01. The Morgan fingerprint density at radius 3 is 2.11 bits per heavy atom. The van der Waals surface area contributed by atoms with Gasteiger partial charge in [0.25, 0.3) is 11.8 Å². The Morgan fingerprint density at radius 2 is 1.45 bits per heavy atom. The quantitative estimate of drug-likeness (QED) is 0.0575. The molecular weight excluding hydrogens is 751 g/mol. The van der Waals surface area contributed by atoms with Crippen molar-refractivity contribution in [2.24, 2.45) is 0 Å². The first-order chi connectivity index (χ1) is 27.2. The molecule has 3 N–H and O–H groups in total. The van der Waals surface area contributed by atoms with Gasteiger partial charge in [-0.2, -0.15) is 0 Å². The molecule has 0 saturated heterocycles. The maximum Gasteiger partial charge on any atom is 0.341 e. The first kappa shape index (κ1) is 39.6. The number of esters is 1. The third kappa shape index (κ3) is 9.24. The van der Waals surface area contributed by atoms with Gasteiger partial charge in [0.1, 0.15) is 15.9 Å². The molecule has 1 atom stereocenters. The van der Waals surface area contributed by atoms with Gasteiger partial charge < -0.3 is 34.9 Å². The Morgan fingerprint density at radius 1 is 0.768 bits per heavy atom. The molecule has 6 rings (SSSR count). The van der Waals surface area contributed by atoms with Crippen LogP contribution in [-0.2, 0) is 27.2 Å². The van der Waals surface area contributed by atoms with Gasteiger partial charge in [-0.05, 0) is 90.9 Å². The Bertz CT molecular complexity index is 2230. The number of anilines is 2. The van der Waals surface area contributed by atoms with E-state index in [-0.39, 0.29) is 11.6 Å². The Balaban J connectivity index is 1.28. The molecule has 0 spiro atoms. The molecule has 1 aliphatic rings. The minimum absolute atomic E-state index is 0.0484. The number of thioether (sulfide) groups is 1. The van der Waals surface area contributed by atoms with Gasteiger partial charge in [-0.1, -0.05) is 54.6 Å². The van der Waals surface area contributed by atoms with Crippen molar-refractivity contribution in [1.29, 1.82) is 0 Å². The van der Waals surface area contributed by atoms with Crippen molar-refractivity contribution in [2.45, 2.75) is 35.8 Å². The highest BCUT2D eigenvalue weighted by molar-refractivity contribution is 8.00. The molecule has 3 amide bonds. The normalized spacial score (nSPS) is 12.8. The number of hydrogen-bond donors (Lipinski definition) is 3. The molecule has 1 aliphatic carbocycles. The maximum absolute atomic E-state index is 14.1. The number of hydrogen-bond acceptors (Lipinski definition) is 10. The fraction of sp³-hybridized carbons (Fsp3) is 0.209. The number of thiophene rings is 1. The molecule has 0 aliphatic heterocycles. The van der Waals surface area contributed by atoms with Crippen molar-refractivity contribution in [3.63, 3.8) is 0 Å². The molecule has 1 heterocycles. The number of carbonyl (C=O) groups excluding carboxylic acids is 4. The minimum Gasteiger partial charge on any atom is -0.493 e. The second-order valence-corrected chi connectivity index (χ2v) is 14.9. The van der Waals surface area contributed by atoms with E-state index in [4.69, 9.17) is 18.9 Å². The summed E-state index contributed by atoms with van der Waals surface area (Å²) in [7, 11) is 5.81. The molecule has 0 fully saturated rings. The van der Waals surface area contributed by atoms with Crippen molar-refractivity contribution in [1.82, 2.24) is 5.32 Å². The fourth-order valence-electron chi connectivity index (χ4n) is 6.33. The monoisotopic (exact) mass is 791 g/mol. The van der Waals surface area contributed by atoms with Crippen molar-refractivity contribution in [3.05, 3.63) is 135 Å². The van der Waals surface area contributed by atoms with E-state index in [2.05, 4.69) is 16.0 Å². The highest BCUT2D eigenvalue weighted by Gasteiger charge is 2.30. The van der Waals surface area contributed by atoms with Gasteiger partial charge >= 0.3 is 5.97 Å². The predicted molar refractivity (Wildman–Crippen MR) is 219 cm³/mol. The van der Waals surface area contributed by atoms with Crippen LogP contribution < -0.4 is 30.2 Å². The van der Waals surface area contributed by atoms with Crippen LogP contribution in [0.1, 0.15) is 60.4 Å². The predicted octanol–water partition coefficient (Wildman–Crippen LogP) is 8.32. The molecule has 4 aromatic carbocycles. The molecule has 0 bridgehead atoms. The molecule has 0 saturated carbocycles. The molecule has 13 heteroatoms. The number of methoxy groups -OCH3 is 4. The van der Waals surface area contributed by atoms with E-state index < -0.39 is 23.0 Å². The highest BCUT2D eigenvalue weighted by atomic mass is 32.2. The van der Waals surface area contributed by atoms with Crippen LogP contribution >= 0.6 is 23.1 Å². The summed E-state index contributed by atoms with van der Waals surface area (Å²) in [4.78, 5) is 56.2. The maximum atomic E-state index is 14.1. The SMILES string of the molecule is COC(=O)c1c(NC(=O)C(Sc2cccc(NC(=O)/C(=C\c3cc(OC)c(OC)c(OC)c3)NC(=O)c3ccccc3)c2)c2ccccc2)sc2c1CCCC2. The standard InChI is InChI=1S/C43H41N3O8S2/c1-51-33-23-26(24-34(52-2)37(33)53-3)22-32(45-39(47)28-16-9-6-10-17-28)40(48)44-29-18-13-19-30(25-29)55-38(27-14-7-5-8-15-27)41(49)46-42-36(43(50)54-4)31-20-11-12-21-35(31)56-42/h5-10,13-19,22-25,38H,11-12,20-21H2,1-4H3,(H,44,48)(H,45,47)(H,46,49)/b32-22+. The molecule has 288 valence electrons. The van der Waals surface area contributed by atoms with Gasteiger partial charge in [-0.25, -0.2) is 4.79 Å². The summed E-state index contributed by atoms with van der Waals surface area (Å²) in [5, 5.41) is 8.48. The molecule has 1 unspecified atom stereocenters. The van der Waals surface area contributed by atoms with Crippen LogP contribution in [0.15, 0.2) is 108 Å². The summed E-state index contributed by atoms with van der Waals surface area (Å²) in [6.07, 6.45) is 5.12. The topological polar surface area (TPSA) is 141 Å². The van der Waals surface area contributed by atoms with Crippen LogP contribution in [0.5, 0.6) is 17.2 Å². The van der Waals surface area contributed by atoms with Crippen molar-refractivity contribution >= 4 is 63.6 Å². The van der Waals surface area contributed by atoms with Gasteiger partial charge in [-0.3, -0.25) is 14.4 Å². The van der Waals surface area contributed by atoms with Crippen LogP contribution in [-0.4, -0.2) is 52.1 Å². The zero-order valence-corrected chi connectivity index (χ0v) is 32.9. The van der Waals surface area contributed by atoms with Crippen LogP contribution in [0.3, 0.4) is 0 Å². The number of nitrogens with one attached hydrogen (secondary N) is 3. The Kier molecular flexibility index (Phi) is 13.1. The van der Waals surface area contributed by atoms with Crippen LogP contribution in [0.25, 0.3) is 6.08 Å². The summed E-state index contributed by atoms with van der Waals surface area (Å²) in [5.74, 6) is -0.740. The number of fused-ring (bicyclic) bond motifs is 1. The molecule has 11 nitrogen and oxygen atoms in total. The molecule has 0 radical (unpaired) electrons. The number of ether oxygens (including phenoxy) is 4. The number of amides is 3. The van der Waals surface area contributed by atoms with Gasteiger partial charge in [-0.15, -0.1) is 23.1 Å². The Hall–Kier alpha value is -6.05. The zero-order chi connectivity index (χ0) is 39.6. The lowest BCUT2D eigenvalue weighted by Crippen LogP contribution is -2.30. The lowest BCUT2D eigenvalue weighted by molar-refractivity contribution is -0.116. The highest BCUT2D eigenvalue weighted by Crippen LogP contribution is 2.42. The number of aryl methyl sites for hydroxylation is 1. The van der Waals surface area contributed by atoms with Crippen molar-refractivity contribution < 1.29 is 38.1 Å². The summed E-state index contributed by atoms with van der Waals surface area (Å²) in [6.45, 7) is 0. The van der Waals surface area contributed by atoms with Gasteiger partial charge in [0.05, 0.1) is 34.0 Å². The molecule has 1 aromatic heterocycles. The first-order valence-corrected chi connectivity index (χ1v) is 19.5. The smallest absolute Gasteiger partial charge is 0.341 e. The van der Waals surface area contributed by atoms with Crippen LogP contribution in [0.4, 0.5) is 10.7 Å². The number of carbonyl (C=O) groups is 4. The van der Waals surface area contributed by atoms with Gasteiger partial charge in [0, 0.05) is 21.0 Å². The second kappa shape index (κ2) is 18.5. The fourth-order valence-corrected chi connectivity index (χ4v) is 8.69. The first-order valence-electron chi connectivity index (χ1n) is 17.8. The van der Waals surface area contributed by atoms with E-state index in [1.54, 1.807) is 60.7 Å². The van der Waals surface area contributed by atoms with E-state index in [1.807, 2.05) is 36.4 Å². The van der Waals surface area contributed by atoms with E-state index in [9.17, 15) is 19.2 Å². The average Bonchev–Trinajstić information content (AvgIpc) is 3.60. The van der Waals surface area contributed by atoms with E-state index in [1.165, 1.54) is 57.6 Å². The van der Waals surface area contributed by atoms with Gasteiger partial charge in [0.15, 0.2) is 11.5 Å². The second-order valence-electron chi connectivity index (χ2n) is 12.6. The largest absolute Gasteiger partial charge is 0.493 e. The van der Waals surface area contributed by atoms with Gasteiger partial charge in [0.2, 0.25) is 11.7 Å². The summed E-state index contributed by atoms with van der Waals surface area (Å²) in [5.41, 5.74) is 3.38. The van der Waals surface area contributed by atoms with E-state index in [0.29, 0.717) is 49.5 Å². The van der Waals surface area contributed by atoms with Crippen molar-refractivity contribution in [3.8, 4) is 17.2 Å². The minimum atomic E-state index is -0.715. The lowest BCUT2D eigenvalue weighted by Gasteiger charge is -2.18. The number of benzene rings is 4. The third-order valence-corrected chi connectivity index (χ3v) is 11.5. The Labute approximate surface area is 333 Å². The summed E-state index contributed by atoms with van der Waals surface area (Å²) < 4.78 is 21.6. The molecule has 5 aromatic rings. The zero-order valence-electron chi connectivity index (χ0n) is 31.3. The van der Waals surface area contributed by atoms with E-state index >= 15 is 0 Å².